The van der Waals surface area contributed by atoms with E-state index in [1.807, 2.05) is 35.4 Å². The minimum atomic E-state index is 0.0350. The Morgan fingerprint density at radius 1 is 1.12 bits per heavy atom. The van der Waals surface area contributed by atoms with E-state index in [1.54, 1.807) is 30.5 Å². The number of amides is 1. The van der Waals surface area contributed by atoms with Crippen LogP contribution in [0.3, 0.4) is 0 Å². The lowest BCUT2D eigenvalue weighted by atomic mass is 10.0. The summed E-state index contributed by atoms with van der Waals surface area (Å²) in [5, 5.41) is 4.99. The zero-order valence-electron chi connectivity index (χ0n) is 17.4. The van der Waals surface area contributed by atoms with E-state index in [9.17, 15) is 4.79 Å². The zero-order valence-corrected chi connectivity index (χ0v) is 18.1. The number of hydrogen-bond donors (Lipinski definition) is 3. The molecule has 7 nitrogen and oxygen atoms in total. The van der Waals surface area contributed by atoms with Gasteiger partial charge in [-0.05, 0) is 43.2 Å². The van der Waals surface area contributed by atoms with Crippen molar-refractivity contribution in [2.75, 3.05) is 24.1 Å². The summed E-state index contributed by atoms with van der Waals surface area (Å²) in [6.07, 6.45) is 5.18. The van der Waals surface area contributed by atoms with Gasteiger partial charge in [0.25, 0.3) is 5.91 Å². The summed E-state index contributed by atoms with van der Waals surface area (Å²) in [7, 11) is 0. The average Bonchev–Trinajstić information content (AvgIpc) is 3.25. The minimum Gasteiger partial charge on any atom is -0.399 e. The first-order chi connectivity index (χ1) is 15.6. The molecule has 8 heteroatoms. The van der Waals surface area contributed by atoms with E-state index in [-0.39, 0.29) is 11.9 Å². The van der Waals surface area contributed by atoms with Crippen molar-refractivity contribution < 1.29 is 4.79 Å². The zero-order chi connectivity index (χ0) is 22.1. The second-order valence-electron chi connectivity index (χ2n) is 7.97. The number of nitrogens with two attached hydrogens (primary N) is 1. The standard InChI is InChI=1S/C24H23ClN6O/c25-20-14-28-24(30-22(20)19-13-27-21-4-2-1-3-18(19)21)29-17-9-11-31(12-10-17)23(32)15-5-7-16(26)8-6-15/h1-8,13-14,17,27H,9-12,26H2,(H,28,29,30). The molecule has 0 atom stereocenters. The minimum absolute atomic E-state index is 0.0350. The number of hydrogen-bond acceptors (Lipinski definition) is 5. The highest BCUT2D eigenvalue weighted by molar-refractivity contribution is 6.33. The molecule has 4 N–H and O–H groups in total. The highest BCUT2D eigenvalue weighted by atomic mass is 35.5. The van der Waals surface area contributed by atoms with E-state index in [4.69, 9.17) is 22.3 Å². The van der Waals surface area contributed by atoms with Gasteiger partial charge in [0.1, 0.15) is 0 Å². The maximum atomic E-state index is 12.7. The number of nitrogen functional groups attached to an aromatic ring is 1. The number of carbonyl (C=O) groups is 1. The SMILES string of the molecule is Nc1ccc(C(=O)N2CCC(Nc3ncc(Cl)c(-c4c[nH]c5ccccc45)n3)CC2)cc1. The van der Waals surface area contributed by atoms with Crippen LogP contribution in [0.15, 0.2) is 60.9 Å². The molecule has 1 aliphatic heterocycles. The molecule has 0 unspecified atom stereocenters. The molecule has 0 spiro atoms. The fourth-order valence-corrected chi connectivity index (χ4v) is 4.30. The summed E-state index contributed by atoms with van der Waals surface area (Å²) < 4.78 is 0. The van der Waals surface area contributed by atoms with Crippen LogP contribution in [0.5, 0.6) is 0 Å². The van der Waals surface area contributed by atoms with E-state index in [0.717, 1.165) is 29.3 Å². The number of halogens is 1. The lowest BCUT2D eigenvalue weighted by Gasteiger charge is -2.32. The van der Waals surface area contributed by atoms with Crippen LogP contribution in [0.2, 0.25) is 5.02 Å². The van der Waals surface area contributed by atoms with Crippen molar-refractivity contribution in [3.05, 3.63) is 71.5 Å². The number of rotatable bonds is 4. The largest absolute Gasteiger partial charge is 0.399 e. The molecule has 0 aliphatic carbocycles. The Labute approximate surface area is 190 Å². The molecule has 1 fully saturated rings. The highest BCUT2D eigenvalue weighted by Gasteiger charge is 2.24. The van der Waals surface area contributed by atoms with Crippen LogP contribution in [-0.4, -0.2) is 44.9 Å². The van der Waals surface area contributed by atoms with Crippen LogP contribution < -0.4 is 11.1 Å². The third kappa shape index (κ3) is 3.99. The van der Waals surface area contributed by atoms with Crippen molar-refractivity contribution in [2.24, 2.45) is 0 Å². The highest BCUT2D eigenvalue weighted by Crippen LogP contribution is 2.32. The predicted octanol–water partition coefficient (Wildman–Crippen LogP) is 4.58. The summed E-state index contributed by atoms with van der Waals surface area (Å²) in [6.45, 7) is 1.34. The molecule has 3 heterocycles. The summed E-state index contributed by atoms with van der Waals surface area (Å²) in [6, 6.07) is 15.3. The van der Waals surface area contributed by atoms with Gasteiger partial charge < -0.3 is 20.9 Å². The van der Waals surface area contributed by atoms with Gasteiger partial charge in [0.2, 0.25) is 5.95 Å². The summed E-state index contributed by atoms with van der Waals surface area (Å²) in [5.41, 5.74) is 9.70. The first-order valence-corrected chi connectivity index (χ1v) is 11.0. The van der Waals surface area contributed by atoms with Crippen LogP contribution in [-0.2, 0) is 0 Å². The quantitative estimate of drug-likeness (QED) is 0.398. The Hall–Kier alpha value is -3.58. The average molecular weight is 447 g/mol. The van der Waals surface area contributed by atoms with E-state index in [0.29, 0.717) is 41.0 Å². The number of H-pyrrole nitrogens is 1. The fourth-order valence-electron chi connectivity index (χ4n) is 4.11. The Morgan fingerprint density at radius 2 is 1.88 bits per heavy atom. The number of piperidine rings is 1. The maximum absolute atomic E-state index is 12.7. The molecule has 1 saturated heterocycles. The predicted molar refractivity (Wildman–Crippen MR) is 128 cm³/mol. The van der Waals surface area contributed by atoms with E-state index in [2.05, 4.69) is 15.3 Å². The Morgan fingerprint density at radius 3 is 2.66 bits per heavy atom. The van der Waals surface area contributed by atoms with Gasteiger partial charge >= 0.3 is 0 Å². The molecule has 0 saturated carbocycles. The smallest absolute Gasteiger partial charge is 0.253 e. The van der Waals surface area contributed by atoms with Gasteiger partial charge in [-0.3, -0.25) is 4.79 Å². The lowest BCUT2D eigenvalue weighted by Crippen LogP contribution is -2.42. The molecular weight excluding hydrogens is 424 g/mol. The van der Waals surface area contributed by atoms with Crippen LogP contribution in [0.25, 0.3) is 22.2 Å². The van der Waals surface area contributed by atoms with E-state index in [1.165, 1.54) is 0 Å². The molecule has 32 heavy (non-hydrogen) atoms. The Bertz CT molecular complexity index is 1260. The van der Waals surface area contributed by atoms with E-state index >= 15 is 0 Å². The molecule has 4 aromatic rings. The number of para-hydroxylation sites is 1. The molecule has 1 aliphatic rings. The normalized spacial score (nSPS) is 14.6. The molecule has 1 amide bonds. The summed E-state index contributed by atoms with van der Waals surface area (Å²) >= 11 is 6.43. The number of nitrogens with one attached hydrogen (secondary N) is 2. The summed E-state index contributed by atoms with van der Waals surface area (Å²) in [5.74, 6) is 0.575. The van der Waals surface area contributed by atoms with Crippen molar-refractivity contribution in [1.82, 2.24) is 19.9 Å². The van der Waals surface area contributed by atoms with Crippen LogP contribution in [0, 0.1) is 0 Å². The molecule has 0 radical (unpaired) electrons. The monoisotopic (exact) mass is 446 g/mol. The number of aromatic nitrogens is 3. The number of aromatic amines is 1. The van der Waals surface area contributed by atoms with Crippen molar-refractivity contribution in [3.8, 4) is 11.3 Å². The van der Waals surface area contributed by atoms with Gasteiger partial charge in [-0.15, -0.1) is 0 Å². The first kappa shape index (κ1) is 20.3. The molecule has 0 bridgehead atoms. The second-order valence-corrected chi connectivity index (χ2v) is 8.38. The van der Waals surface area contributed by atoms with Crippen LogP contribution in [0.4, 0.5) is 11.6 Å². The van der Waals surface area contributed by atoms with Gasteiger partial charge in [0, 0.05) is 53.0 Å². The Balaban J connectivity index is 1.27. The van der Waals surface area contributed by atoms with Gasteiger partial charge in [-0.2, -0.15) is 0 Å². The number of carbonyl (C=O) groups excluding carboxylic acids is 1. The van der Waals surface area contributed by atoms with Gasteiger partial charge in [0.15, 0.2) is 0 Å². The van der Waals surface area contributed by atoms with Crippen molar-refractivity contribution in [3.63, 3.8) is 0 Å². The van der Waals surface area contributed by atoms with Crippen LogP contribution in [0.1, 0.15) is 23.2 Å². The topological polar surface area (TPSA) is 99.9 Å². The molecule has 5 rings (SSSR count). The van der Waals surface area contributed by atoms with Gasteiger partial charge in [0.05, 0.1) is 16.9 Å². The number of benzene rings is 2. The number of likely N-dealkylation sites (tertiary alicyclic amines) is 1. The fraction of sp³-hybridized carbons (Fsp3) is 0.208. The molecule has 162 valence electrons. The third-order valence-electron chi connectivity index (χ3n) is 5.86. The number of nitrogens with zero attached hydrogens (tertiary/aromatic N) is 3. The van der Waals surface area contributed by atoms with Crippen molar-refractivity contribution in [2.45, 2.75) is 18.9 Å². The second kappa shape index (κ2) is 8.51. The van der Waals surface area contributed by atoms with Crippen molar-refractivity contribution in [1.29, 1.82) is 0 Å². The maximum Gasteiger partial charge on any atom is 0.253 e. The number of fused-ring (bicyclic) bond motifs is 1. The van der Waals surface area contributed by atoms with Gasteiger partial charge in [-0.1, -0.05) is 29.8 Å². The number of anilines is 2. The van der Waals surface area contributed by atoms with E-state index < -0.39 is 0 Å². The molecule has 2 aromatic carbocycles. The third-order valence-corrected chi connectivity index (χ3v) is 6.14. The molecular formula is C24H23ClN6O. The van der Waals surface area contributed by atoms with Crippen molar-refractivity contribution >= 4 is 40.0 Å². The molecule has 2 aromatic heterocycles. The summed E-state index contributed by atoms with van der Waals surface area (Å²) in [4.78, 5) is 26.9. The first-order valence-electron chi connectivity index (χ1n) is 10.6. The van der Waals surface area contributed by atoms with Crippen LogP contribution >= 0.6 is 11.6 Å². The Kier molecular flexibility index (Phi) is 5.41. The lowest BCUT2D eigenvalue weighted by molar-refractivity contribution is 0.0718. The van der Waals surface area contributed by atoms with Gasteiger partial charge in [-0.25, -0.2) is 9.97 Å².